The third kappa shape index (κ3) is 2.07. The number of hydrogen-bond acceptors (Lipinski definition) is 3. The van der Waals surface area contributed by atoms with Crippen LogP contribution < -0.4 is 9.47 Å². The zero-order valence-corrected chi connectivity index (χ0v) is 15.4. The van der Waals surface area contributed by atoms with Gasteiger partial charge in [0.15, 0.2) is 11.5 Å². The Morgan fingerprint density at radius 1 is 1.15 bits per heavy atom. The molecule has 4 heteroatoms. The highest BCUT2D eigenvalue weighted by Gasteiger charge is 2.63. The van der Waals surface area contributed by atoms with Gasteiger partial charge < -0.3 is 14.6 Å². The van der Waals surface area contributed by atoms with E-state index in [1.54, 1.807) is 0 Å². The van der Waals surface area contributed by atoms with Crippen molar-refractivity contribution >= 4 is 11.5 Å². The molecular formula is C23H24O4. The maximum atomic E-state index is 11.3. The standard InChI is InChI=1S/C23H24O4/c1-11-6-16(12-2-5-19-20(7-12)27-10-26-19)13-3-4-14-17(9-21(24)25)18-8-15(11)22(13)23(14)18/h2-7,11,13-15,17-18,22-23H,8-10H2,1H3,(H,24,25). The van der Waals surface area contributed by atoms with Gasteiger partial charge >= 0.3 is 5.97 Å². The van der Waals surface area contributed by atoms with Crippen molar-refractivity contribution in [2.45, 2.75) is 19.8 Å². The van der Waals surface area contributed by atoms with Crippen LogP contribution in [0.5, 0.6) is 11.5 Å². The van der Waals surface area contributed by atoms with Crippen LogP contribution in [0.2, 0.25) is 0 Å². The minimum atomic E-state index is -0.643. The number of rotatable bonds is 3. The number of allylic oxidation sites excluding steroid dienone is 4. The van der Waals surface area contributed by atoms with E-state index in [1.807, 2.05) is 6.07 Å². The van der Waals surface area contributed by atoms with Gasteiger partial charge in [0.2, 0.25) is 6.79 Å². The van der Waals surface area contributed by atoms with E-state index in [9.17, 15) is 9.90 Å². The summed E-state index contributed by atoms with van der Waals surface area (Å²) in [7, 11) is 0. The van der Waals surface area contributed by atoms with Crippen LogP contribution in [0, 0.1) is 47.3 Å². The van der Waals surface area contributed by atoms with Gasteiger partial charge in [-0.05, 0) is 71.1 Å². The minimum absolute atomic E-state index is 0.304. The lowest BCUT2D eigenvalue weighted by atomic mass is 9.50. The van der Waals surface area contributed by atoms with Crippen LogP contribution >= 0.6 is 0 Å². The molecule has 1 heterocycles. The average molecular weight is 364 g/mol. The van der Waals surface area contributed by atoms with Crippen LogP contribution in [0.3, 0.4) is 0 Å². The molecule has 0 amide bonds. The molecule has 2 saturated carbocycles. The molecule has 5 aliphatic rings. The number of fused-ring (bicyclic) bond motifs is 1. The van der Waals surface area contributed by atoms with Gasteiger partial charge in [0.05, 0.1) is 0 Å². The van der Waals surface area contributed by atoms with E-state index in [2.05, 4.69) is 37.3 Å². The Morgan fingerprint density at radius 3 is 2.85 bits per heavy atom. The Bertz CT molecular complexity index is 884. The molecule has 4 nitrogen and oxygen atoms in total. The number of hydrogen-bond donors (Lipinski definition) is 1. The lowest BCUT2D eigenvalue weighted by molar-refractivity contribution is -0.142. The summed E-state index contributed by atoms with van der Waals surface area (Å²) in [6.45, 7) is 2.65. The minimum Gasteiger partial charge on any atom is -0.481 e. The van der Waals surface area contributed by atoms with Crippen molar-refractivity contribution in [3.63, 3.8) is 0 Å². The van der Waals surface area contributed by atoms with Crippen LogP contribution in [-0.2, 0) is 4.79 Å². The normalized spacial score (nSPS) is 42.3. The second kappa shape index (κ2) is 5.40. The summed E-state index contributed by atoms with van der Waals surface area (Å²) >= 11 is 0. The molecule has 1 aromatic carbocycles. The summed E-state index contributed by atoms with van der Waals surface area (Å²) in [4.78, 5) is 11.3. The van der Waals surface area contributed by atoms with Gasteiger partial charge in [0.1, 0.15) is 0 Å². The highest BCUT2D eigenvalue weighted by molar-refractivity contribution is 5.73. The zero-order chi connectivity index (χ0) is 18.3. The van der Waals surface area contributed by atoms with Gasteiger partial charge in [-0.1, -0.05) is 31.2 Å². The van der Waals surface area contributed by atoms with Crippen LogP contribution in [0.1, 0.15) is 25.3 Å². The summed E-state index contributed by atoms with van der Waals surface area (Å²) < 4.78 is 11.1. The van der Waals surface area contributed by atoms with Gasteiger partial charge in [-0.3, -0.25) is 4.79 Å². The largest absolute Gasteiger partial charge is 0.481 e. The van der Waals surface area contributed by atoms with E-state index in [4.69, 9.17) is 9.47 Å². The van der Waals surface area contributed by atoms with Crippen molar-refractivity contribution in [3.8, 4) is 11.5 Å². The number of carbonyl (C=O) groups is 1. The zero-order valence-electron chi connectivity index (χ0n) is 15.4. The Kier molecular flexibility index (Phi) is 3.16. The van der Waals surface area contributed by atoms with E-state index in [1.165, 1.54) is 17.6 Å². The summed E-state index contributed by atoms with van der Waals surface area (Å²) in [6.07, 6.45) is 8.72. The number of carboxylic acid groups (broad SMARTS) is 1. The SMILES string of the molecule is CC1C=C(c2ccc3c(c2)OCO3)C2C=CC3C(CC(=O)O)C4CC1C2C34. The fraction of sp³-hybridized carbons (Fsp3) is 0.522. The maximum absolute atomic E-state index is 11.3. The first-order valence-electron chi connectivity index (χ1n) is 10.1. The Balaban J connectivity index is 1.38. The molecule has 6 rings (SSSR count). The molecule has 27 heavy (non-hydrogen) atoms. The molecule has 0 bridgehead atoms. The molecule has 1 aromatic rings. The Hall–Kier alpha value is -2.23. The van der Waals surface area contributed by atoms with Crippen LogP contribution in [0.15, 0.2) is 36.4 Å². The highest BCUT2D eigenvalue weighted by atomic mass is 16.7. The molecular weight excluding hydrogens is 340 g/mol. The van der Waals surface area contributed by atoms with Crippen molar-refractivity contribution in [1.82, 2.24) is 0 Å². The summed E-state index contributed by atoms with van der Waals surface area (Å²) in [6, 6.07) is 6.31. The smallest absolute Gasteiger partial charge is 0.303 e. The third-order valence-corrected chi connectivity index (χ3v) is 8.01. The molecule has 0 spiro atoms. The molecule has 8 unspecified atom stereocenters. The fourth-order valence-electron chi connectivity index (χ4n) is 7.03. The van der Waals surface area contributed by atoms with E-state index >= 15 is 0 Å². The monoisotopic (exact) mass is 364 g/mol. The van der Waals surface area contributed by atoms with Crippen molar-refractivity contribution in [1.29, 1.82) is 0 Å². The Morgan fingerprint density at radius 2 is 2.00 bits per heavy atom. The molecule has 0 saturated heterocycles. The quantitative estimate of drug-likeness (QED) is 0.816. The average Bonchev–Trinajstić information content (AvgIpc) is 3.26. The first-order valence-corrected chi connectivity index (χ1v) is 10.1. The number of ether oxygens (including phenoxy) is 2. The second-order valence-electron chi connectivity index (χ2n) is 9.02. The van der Waals surface area contributed by atoms with Gasteiger partial charge in [-0.25, -0.2) is 0 Å². The number of benzene rings is 1. The molecule has 8 atom stereocenters. The number of aliphatic carboxylic acids is 1. The van der Waals surface area contributed by atoms with E-state index in [0.717, 1.165) is 11.5 Å². The molecule has 2 fully saturated rings. The van der Waals surface area contributed by atoms with Gasteiger partial charge in [-0.2, -0.15) is 0 Å². The van der Waals surface area contributed by atoms with E-state index in [0.29, 0.717) is 60.6 Å². The lowest BCUT2D eigenvalue weighted by Gasteiger charge is -2.54. The molecule has 140 valence electrons. The molecule has 0 radical (unpaired) electrons. The molecule has 1 N–H and O–H groups in total. The molecule has 4 aliphatic carbocycles. The topological polar surface area (TPSA) is 55.8 Å². The van der Waals surface area contributed by atoms with E-state index < -0.39 is 5.97 Å². The first kappa shape index (κ1) is 15.8. The summed E-state index contributed by atoms with van der Waals surface area (Å²) in [5.41, 5.74) is 2.65. The predicted molar refractivity (Wildman–Crippen MR) is 100 cm³/mol. The fourth-order valence-corrected chi connectivity index (χ4v) is 7.03. The predicted octanol–water partition coefficient (Wildman–Crippen LogP) is 4.22. The number of carboxylic acids is 1. The highest BCUT2D eigenvalue weighted by Crippen LogP contribution is 2.69. The van der Waals surface area contributed by atoms with Crippen LogP contribution in [0.4, 0.5) is 0 Å². The summed E-state index contributed by atoms with van der Waals surface area (Å²) in [5.74, 6) is 5.46. The second-order valence-corrected chi connectivity index (χ2v) is 9.02. The van der Waals surface area contributed by atoms with Gasteiger partial charge in [-0.15, -0.1) is 0 Å². The maximum Gasteiger partial charge on any atom is 0.303 e. The summed E-state index contributed by atoms with van der Waals surface area (Å²) in [5, 5.41) is 9.32. The molecule has 0 aromatic heterocycles. The van der Waals surface area contributed by atoms with Crippen LogP contribution in [-0.4, -0.2) is 17.9 Å². The van der Waals surface area contributed by atoms with E-state index in [-0.39, 0.29) is 0 Å². The van der Waals surface area contributed by atoms with Crippen LogP contribution in [0.25, 0.3) is 5.57 Å². The van der Waals surface area contributed by atoms with Crippen molar-refractivity contribution in [3.05, 3.63) is 42.0 Å². The first-order chi connectivity index (χ1) is 13.1. The van der Waals surface area contributed by atoms with Crippen molar-refractivity contribution in [2.24, 2.45) is 47.3 Å². The van der Waals surface area contributed by atoms with Crippen molar-refractivity contribution in [2.75, 3.05) is 6.79 Å². The third-order valence-electron chi connectivity index (χ3n) is 8.01. The lowest BCUT2D eigenvalue weighted by Crippen LogP contribution is -2.50. The molecule has 1 aliphatic heterocycles. The van der Waals surface area contributed by atoms with Crippen molar-refractivity contribution < 1.29 is 19.4 Å². The van der Waals surface area contributed by atoms with Gasteiger partial charge in [0.25, 0.3) is 0 Å². The van der Waals surface area contributed by atoms with Gasteiger partial charge in [0, 0.05) is 12.3 Å². The Labute approximate surface area is 158 Å².